The summed E-state index contributed by atoms with van der Waals surface area (Å²) in [5.41, 5.74) is 0.551. The third-order valence-electron chi connectivity index (χ3n) is 4.68. The molecule has 2 aliphatic carbocycles. The lowest BCUT2D eigenvalue weighted by Gasteiger charge is -2.28. The normalized spacial score (nSPS) is 31.2. The van der Waals surface area contributed by atoms with Gasteiger partial charge in [-0.3, -0.25) is 0 Å². The first-order valence-electron chi connectivity index (χ1n) is 6.92. The molecule has 2 rings (SSSR count). The van der Waals surface area contributed by atoms with Crippen LogP contribution in [0.3, 0.4) is 0 Å². The second-order valence-corrected chi connectivity index (χ2v) is 6.33. The van der Waals surface area contributed by atoms with Gasteiger partial charge in [0.15, 0.2) is 0 Å². The van der Waals surface area contributed by atoms with Crippen LogP contribution in [0.4, 0.5) is 0 Å². The van der Waals surface area contributed by atoms with Gasteiger partial charge in [-0.2, -0.15) is 0 Å². The Balaban J connectivity index is 1.64. The maximum Gasteiger partial charge on any atom is 0.0118 e. The minimum atomic E-state index is 0.551. The summed E-state index contributed by atoms with van der Waals surface area (Å²) >= 11 is 0. The van der Waals surface area contributed by atoms with Gasteiger partial charge in [-0.15, -0.1) is 0 Å². The molecule has 2 fully saturated rings. The number of rotatable bonds is 4. The number of hydrogen-bond donors (Lipinski definition) is 1. The Hall–Kier alpha value is -0.0400. The Morgan fingerprint density at radius 2 is 1.80 bits per heavy atom. The smallest absolute Gasteiger partial charge is 0.0118 e. The number of nitrogens with one attached hydrogen (secondary N) is 1. The van der Waals surface area contributed by atoms with Crippen molar-refractivity contribution >= 4 is 0 Å². The fraction of sp³-hybridized carbons (Fsp3) is 1.00. The van der Waals surface area contributed by atoms with Crippen LogP contribution in [0, 0.1) is 11.3 Å². The average molecular weight is 209 g/mol. The zero-order valence-electron chi connectivity index (χ0n) is 10.5. The Labute approximate surface area is 95.0 Å². The van der Waals surface area contributed by atoms with Crippen LogP contribution in [-0.2, 0) is 0 Å². The van der Waals surface area contributed by atoms with Crippen molar-refractivity contribution in [2.24, 2.45) is 11.3 Å². The Morgan fingerprint density at radius 1 is 1.07 bits per heavy atom. The van der Waals surface area contributed by atoms with Crippen LogP contribution < -0.4 is 5.32 Å². The van der Waals surface area contributed by atoms with E-state index in [-0.39, 0.29) is 0 Å². The zero-order chi connectivity index (χ0) is 10.7. The van der Waals surface area contributed by atoms with Gasteiger partial charge in [-0.25, -0.2) is 0 Å². The van der Waals surface area contributed by atoms with Crippen LogP contribution in [-0.4, -0.2) is 12.6 Å². The average Bonchev–Trinajstić information content (AvgIpc) is 2.77. The van der Waals surface area contributed by atoms with E-state index < -0.39 is 0 Å². The van der Waals surface area contributed by atoms with E-state index in [0.29, 0.717) is 5.41 Å². The van der Waals surface area contributed by atoms with Crippen molar-refractivity contribution in [1.29, 1.82) is 0 Å². The summed E-state index contributed by atoms with van der Waals surface area (Å²) < 4.78 is 0. The summed E-state index contributed by atoms with van der Waals surface area (Å²) in [6.07, 6.45) is 11.6. The van der Waals surface area contributed by atoms with E-state index in [1.165, 1.54) is 57.9 Å². The molecule has 0 aromatic carbocycles. The van der Waals surface area contributed by atoms with E-state index in [4.69, 9.17) is 0 Å². The molecule has 1 unspecified atom stereocenters. The topological polar surface area (TPSA) is 12.0 Å². The molecule has 1 atom stereocenters. The molecule has 0 aromatic heterocycles. The third-order valence-corrected chi connectivity index (χ3v) is 4.68. The second kappa shape index (κ2) is 4.86. The molecule has 1 N–H and O–H groups in total. The zero-order valence-corrected chi connectivity index (χ0v) is 10.5. The van der Waals surface area contributed by atoms with Gasteiger partial charge in [-0.1, -0.05) is 46.0 Å². The first kappa shape index (κ1) is 11.4. The van der Waals surface area contributed by atoms with Crippen LogP contribution in [0.2, 0.25) is 0 Å². The standard InChI is InChI=1S/C14H27N/c1-14(2)10-5-8-13(14)15-11-9-12-6-3-4-7-12/h12-13,15H,3-11H2,1-2H3. The van der Waals surface area contributed by atoms with Gasteiger partial charge < -0.3 is 5.32 Å². The van der Waals surface area contributed by atoms with Crippen molar-refractivity contribution in [3.8, 4) is 0 Å². The Kier molecular flexibility index (Phi) is 3.71. The summed E-state index contributed by atoms with van der Waals surface area (Å²) in [4.78, 5) is 0. The molecule has 0 amide bonds. The lowest BCUT2D eigenvalue weighted by molar-refractivity contribution is 0.278. The Bertz CT molecular complexity index is 192. The lowest BCUT2D eigenvalue weighted by atomic mass is 9.87. The summed E-state index contributed by atoms with van der Waals surface area (Å²) in [5, 5.41) is 3.80. The van der Waals surface area contributed by atoms with Crippen molar-refractivity contribution in [3.63, 3.8) is 0 Å². The lowest BCUT2D eigenvalue weighted by Crippen LogP contribution is -2.38. The first-order chi connectivity index (χ1) is 7.18. The fourth-order valence-electron chi connectivity index (χ4n) is 3.47. The second-order valence-electron chi connectivity index (χ2n) is 6.33. The van der Waals surface area contributed by atoms with Crippen LogP contribution in [0.1, 0.15) is 65.2 Å². The van der Waals surface area contributed by atoms with Gasteiger partial charge in [0.25, 0.3) is 0 Å². The summed E-state index contributed by atoms with van der Waals surface area (Å²) in [5.74, 6) is 1.04. The van der Waals surface area contributed by atoms with Crippen LogP contribution >= 0.6 is 0 Å². The van der Waals surface area contributed by atoms with E-state index in [1.807, 2.05) is 0 Å². The quantitative estimate of drug-likeness (QED) is 0.744. The van der Waals surface area contributed by atoms with Gasteiger partial charge in [0.05, 0.1) is 0 Å². The molecule has 1 heteroatoms. The maximum absolute atomic E-state index is 3.80. The molecule has 0 aromatic rings. The summed E-state index contributed by atoms with van der Waals surface area (Å²) in [7, 11) is 0. The molecule has 88 valence electrons. The Morgan fingerprint density at radius 3 is 2.40 bits per heavy atom. The molecule has 0 saturated heterocycles. The molecule has 2 aliphatic rings. The van der Waals surface area contributed by atoms with Gasteiger partial charge >= 0.3 is 0 Å². The predicted molar refractivity (Wildman–Crippen MR) is 66.0 cm³/mol. The third kappa shape index (κ3) is 2.96. The number of hydrogen-bond acceptors (Lipinski definition) is 1. The van der Waals surface area contributed by atoms with Gasteiger partial charge in [0.2, 0.25) is 0 Å². The largest absolute Gasteiger partial charge is 0.313 e. The molecule has 0 aliphatic heterocycles. The van der Waals surface area contributed by atoms with Crippen molar-refractivity contribution in [2.75, 3.05) is 6.54 Å². The van der Waals surface area contributed by atoms with Crippen LogP contribution in [0.5, 0.6) is 0 Å². The van der Waals surface area contributed by atoms with E-state index in [1.54, 1.807) is 0 Å². The van der Waals surface area contributed by atoms with Crippen molar-refractivity contribution in [3.05, 3.63) is 0 Å². The highest BCUT2D eigenvalue weighted by Crippen LogP contribution is 2.37. The molecule has 0 radical (unpaired) electrons. The molecule has 0 heterocycles. The highest BCUT2D eigenvalue weighted by molar-refractivity contribution is 4.90. The molecule has 15 heavy (non-hydrogen) atoms. The fourth-order valence-corrected chi connectivity index (χ4v) is 3.47. The molecule has 0 spiro atoms. The van der Waals surface area contributed by atoms with E-state index in [0.717, 1.165) is 12.0 Å². The van der Waals surface area contributed by atoms with Crippen molar-refractivity contribution in [2.45, 2.75) is 71.3 Å². The van der Waals surface area contributed by atoms with Crippen molar-refractivity contribution < 1.29 is 0 Å². The minimum absolute atomic E-state index is 0.551. The maximum atomic E-state index is 3.80. The highest BCUT2D eigenvalue weighted by atomic mass is 14.9. The molecular formula is C14H27N. The SMILES string of the molecule is CC1(C)CCCC1NCCC1CCCC1. The minimum Gasteiger partial charge on any atom is -0.313 e. The van der Waals surface area contributed by atoms with Gasteiger partial charge in [0, 0.05) is 6.04 Å². The predicted octanol–water partition coefficient (Wildman–Crippen LogP) is 3.74. The van der Waals surface area contributed by atoms with E-state index in [9.17, 15) is 0 Å². The summed E-state index contributed by atoms with van der Waals surface area (Å²) in [6, 6.07) is 0.791. The monoisotopic (exact) mass is 209 g/mol. The van der Waals surface area contributed by atoms with E-state index >= 15 is 0 Å². The molecular weight excluding hydrogens is 182 g/mol. The van der Waals surface area contributed by atoms with Crippen molar-refractivity contribution in [1.82, 2.24) is 5.32 Å². The molecule has 0 bridgehead atoms. The first-order valence-corrected chi connectivity index (χ1v) is 6.92. The molecule has 1 nitrogen and oxygen atoms in total. The summed E-state index contributed by atoms with van der Waals surface area (Å²) in [6.45, 7) is 6.11. The molecule has 2 saturated carbocycles. The van der Waals surface area contributed by atoms with Gasteiger partial charge in [-0.05, 0) is 37.1 Å². The van der Waals surface area contributed by atoms with Gasteiger partial charge in [0.1, 0.15) is 0 Å². The van der Waals surface area contributed by atoms with E-state index in [2.05, 4.69) is 19.2 Å². The van der Waals surface area contributed by atoms with Crippen LogP contribution in [0.25, 0.3) is 0 Å². The highest BCUT2D eigenvalue weighted by Gasteiger charge is 2.33. The van der Waals surface area contributed by atoms with Crippen LogP contribution in [0.15, 0.2) is 0 Å².